The standard InChI is InChI=1S/C72H115NO8/c1-6-8-10-12-14-16-18-20-22-23-24-25-26-27-28-29-30-31-32-33-34-35-36-37-38-39-40-41-42-43-44-45-46-47-49-51-53-55-57-59-61-63-70(75)81-68(67-80-72(71(76)77)78-65-64-73(3,4)5)66-79-69(74)62-60-58-56-54-52-50-48-21-19-17-15-13-11-9-7-2/h8,10,14-17,20-22,24-25,27-28,30-31,33-34,36-37,39-40,42-43,45-46,48,68,72H,6-7,9,11-13,18-19,23,26,29,32,35,38,41,44,47,49-67H2,1-5H3/p+1/b10-8-,16-14-,17-15-,22-20-,25-24-,28-27-,31-30-,34-33-,37-36-,40-39-,43-42-,46-45-,48-21-. The Balaban J connectivity index is 4.20. The molecule has 0 aliphatic rings. The summed E-state index contributed by atoms with van der Waals surface area (Å²) in [4.78, 5) is 37.4. The highest BCUT2D eigenvalue weighted by Crippen LogP contribution is 2.14. The first-order valence-corrected chi connectivity index (χ1v) is 31.6. The summed E-state index contributed by atoms with van der Waals surface area (Å²) >= 11 is 0. The molecule has 0 saturated heterocycles. The van der Waals surface area contributed by atoms with Crippen LogP contribution in [0.3, 0.4) is 0 Å². The minimum atomic E-state index is -1.53. The molecule has 0 amide bonds. The summed E-state index contributed by atoms with van der Waals surface area (Å²) < 4.78 is 22.8. The molecule has 2 unspecified atom stereocenters. The first kappa shape index (κ1) is 75.9. The Morgan fingerprint density at radius 2 is 0.704 bits per heavy atom. The third-order valence-corrected chi connectivity index (χ3v) is 12.8. The second-order valence-corrected chi connectivity index (χ2v) is 21.6. The summed E-state index contributed by atoms with van der Waals surface area (Å²) in [6, 6.07) is 0. The summed E-state index contributed by atoms with van der Waals surface area (Å²) in [5.74, 6) is -2.06. The van der Waals surface area contributed by atoms with E-state index >= 15 is 0 Å². The number of carboxylic acid groups (broad SMARTS) is 1. The Morgan fingerprint density at radius 3 is 1.05 bits per heavy atom. The fourth-order valence-electron chi connectivity index (χ4n) is 7.93. The zero-order valence-corrected chi connectivity index (χ0v) is 51.9. The van der Waals surface area contributed by atoms with Crippen LogP contribution in [0.1, 0.15) is 219 Å². The van der Waals surface area contributed by atoms with Crippen LogP contribution in [0.5, 0.6) is 0 Å². The quantitative estimate of drug-likeness (QED) is 0.0211. The van der Waals surface area contributed by atoms with Gasteiger partial charge in [0.2, 0.25) is 0 Å². The summed E-state index contributed by atoms with van der Waals surface area (Å²) in [5.41, 5.74) is 0. The smallest absolute Gasteiger partial charge is 0.361 e. The Kier molecular flexibility index (Phi) is 57.2. The van der Waals surface area contributed by atoms with Gasteiger partial charge < -0.3 is 28.5 Å². The van der Waals surface area contributed by atoms with Gasteiger partial charge in [-0.25, -0.2) is 4.79 Å². The van der Waals surface area contributed by atoms with E-state index in [0.717, 1.165) is 141 Å². The summed E-state index contributed by atoms with van der Waals surface area (Å²) in [7, 11) is 5.95. The Hall–Kier alpha value is -5.09. The maximum atomic E-state index is 12.9. The third-order valence-electron chi connectivity index (χ3n) is 12.8. The SMILES string of the molecule is CC/C=C\C/C=C\C/C=C\C/C=C\C/C=C\C/C=C\C/C=C\C/C=C\C/C=C\C/C=C\C/C=C\CCCCCCCCCC(=O)OC(COC(=O)CCCCCCC/C=C\C/C=C\CCCCC)COC(OCC[N+](C)(C)C)C(=O)O. The highest BCUT2D eigenvalue weighted by molar-refractivity contribution is 5.71. The third kappa shape index (κ3) is 62.4. The number of aliphatic carboxylic acids is 1. The van der Waals surface area contributed by atoms with Crippen molar-refractivity contribution >= 4 is 17.9 Å². The summed E-state index contributed by atoms with van der Waals surface area (Å²) in [5, 5.41) is 9.70. The average molecular weight is 1120 g/mol. The molecule has 0 aromatic heterocycles. The first-order chi connectivity index (χ1) is 39.6. The van der Waals surface area contributed by atoms with Crippen LogP contribution in [0.2, 0.25) is 0 Å². The van der Waals surface area contributed by atoms with E-state index in [2.05, 4.69) is 172 Å². The van der Waals surface area contributed by atoms with Crippen LogP contribution in [0.4, 0.5) is 0 Å². The molecule has 2 atom stereocenters. The molecule has 0 fully saturated rings. The van der Waals surface area contributed by atoms with Gasteiger partial charge in [0.25, 0.3) is 6.29 Å². The van der Waals surface area contributed by atoms with E-state index < -0.39 is 24.3 Å². The van der Waals surface area contributed by atoms with Crippen LogP contribution >= 0.6 is 0 Å². The molecule has 9 nitrogen and oxygen atoms in total. The van der Waals surface area contributed by atoms with Crippen molar-refractivity contribution in [2.75, 3.05) is 47.5 Å². The van der Waals surface area contributed by atoms with E-state index in [1.807, 2.05) is 21.1 Å². The van der Waals surface area contributed by atoms with Crippen molar-refractivity contribution < 1.29 is 42.9 Å². The van der Waals surface area contributed by atoms with Crippen molar-refractivity contribution in [3.05, 3.63) is 158 Å². The molecule has 0 heterocycles. The number of hydrogen-bond acceptors (Lipinski definition) is 7. The van der Waals surface area contributed by atoms with Gasteiger partial charge in [-0.1, -0.05) is 236 Å². The highest BCUT2D eigenvalue weighted by Gasteiger charge is 2.25. The van der Waals surface area contributed by atoms with E-state index in [0.29, 0.717) is 17.4 Å². The number of unbranched alkanes of at least 4 members (excludes halogenated alkanes) is 15. The highest BCUT2D eigenvalue weighted by atomic mass is 16.7. The van der Waals surface area contributed by atoms with Gasteiger partial charge in [-0.15, -0.1) is 0 Å². The van der Waals surface area contributed by atoms with Crippen molar-refractivity contribution in [2.45, 2.75) is 232 Å². The molecule has 0 aliphatic heterocycles. The van der Waals surface area contributed by atoms with Gasteiger partial charge in [-0.2, -0.15) is 0 Å². The number of carbonyl (C=O) groups excluding carboxylic acids is 2. The number of hydrogen-bond donors (Lipinski definition) is 1. The maximum absolute atomic E-state index is 12.9. The number of carbonyl (C=O) groups is 3. The molecule has 0 bridgehead atoms. The number of quaternary nitrogens is 1. The van der Waals surface area contributed by atoms with E-state index in [1.54, 1.807) is 0 Å². The van der Waals surface area contributed by atoms with Gasteiger partial charge in [-0.05, 0) is 128 Å². The van der Waals surface area contributed by atoms with Crippen LogP contribution in [0, 0.1) is 0 Å². The van der Waals surface area contributed by atoms with E-state index in [-0.39, 0.29) is 38.6 Å². The molecular formula is C72H116NO8+. The van der Waals surface area contributed by atoms with Crippen molar-refractivity contribution in [3.63, 3.8) is 0 Å². The molecule has 0 aromatic rings. The molecule has 0 aromatic carbocycles. The molecule has 0 rings (SSSR count). The molecule has 456 valence electrons. The fourth-order valence-corrected chi connectivity index (χ4v) is 7.93. The zero-order valence-electron chi connectivity index (χ0n) is 51.9. The summed E-state index contributed by atoms with van der Waals surface area (Å²) in [6.45, 7) is 4.68. The number of likely N-dealkylation sites (N-methyl/N-ethyl adjacent to an activating group) is 1. The lowest BCUT2D eigenvalue weighted by Crippen LogP contribution is -2.40. The predicted octanol–water partition coefficient (Wildman–Crippen LogP) is 19.3. The van der Waals surface area contributed by atoms with Gasteiger partial charge >= 0.3 is 17.9 Å². The van der Waals surface area contributed by atoms with Crippen LogP contribution in [-0.2, 0) is 33.3 Å². The van der Waals surface area contributed by atoms with Gasteiger partial charge in [0.15, 0.2) is 6.10 Å². The van der Waals surface area contributed by atoms with Crippen LogP contribution in [-0.4, -0.2) is 87.4 Å². The van der Waals surface area contributed by atoms with Gasteiger partial charge in [0, 0.05) is 12.8 Å². The number of allylic oxidation sites excluding steroid dienone is 26. The van der Waals surface area contributed by atoms with E-state index in [1.165, 1.54) is 44.9 Å². The Morgan fingerprint density at radius 1 is 0.383 bits per heavy atom. The van der Waals surface area contributed by atoms with E-state index in [4.69, 9.17) is 18.9 Å². The lowest BCUT2D eigenvalue weighted by atomic mass is 10.1. The Labute approximate surface area is 495 Å². The summed E-state index contributed by atoms with van der Waals surface area (Å²) in [6.07, 6.45) is 87.6. The maximum Gasteiger partial charge on any atom is 0.361 e. The van der Waals surface area contributed by atoms with Crippen molar-refractivity contribution in [2.24, 2.45) is 0 Å². The fraction of sp³-hybridized carbons (Fsp3) is 0.597. The zero-order chi connectivity index (χ0) is 59.1. The molecule has 9 heteroatoms. The van der Waals surface area contributed by atoms with Crippen LogP contribution in [0.25, 0.3) is 0 Å². The molecule has 0 saturated carbocycles. The van der Waals surface area contributed by atoms with Gasteiger partial charge in [0.05, 0.1) is 34.4 Å². The number of ether oxygens (including phenoxy) is 4. The molecular weight excluding hydrogens is 1010 g/mol. The number of carboxylic acids is 1. The van der Waals surface area contributed by atoms with Crippen LogP contribution in [0.15, 0.2) is 158 Å². The minimum Gasteiger partial charge on any atom is -0.477 e. The molecule has 0 radical (unpaired) electrons. The molecule has 81 heavy (non-hydrogen) atoms. The molecule has 0 spiro atoms. The molecule has 1 N–H and O–H groups in total. The second kappa shape index (κ2) is 61.0. The lowest BCUT2D eigenvalue weighted by Gasteiger charge is -2.25. The van der Waals surface area contributed by atoms with Crippen molar-refractivity contribution in [1.82, 2.24) is 0 Å². The van der Waals surface area contributed by atoms with Crippen LogP contribution < -0.4 is 0 Å². The largest absolute Gasteiger partial charge is 0.477 e. The lowest BCUT2D eigenvalue weighted by molar-refractivity contribution is -0.870. The number of nitrogens with zero attached hydrogens (tertiary/aromatic N) is 1. The van der Waals surface area contributed by atoms with Crippen molar-refractivity contribution in [3.8, 4) is 0 Å². The van der Waals surface area contributed by atoms with Gasteiger partial charge in [0.1, 0.15) is 13.2 Å². The van der Waals surface area contributed by atoms with Gasteiger partial charge in [-0.3, -0.25) is 9.59 Å². The van der Waals surface area contributed by atoms with E-state index in [9.17, 15) is 19.5 Å². The minimum absolute atomic E-state index is 0.175. The Bertz CT molecular complexity index is 1880. The van der Waals surface area contributed by atoms with Crippen molar-refractivity contribution in [1.29, 1.82) is 0 Å². The average Bonchev–Trinajstić information content (AvgIpc) is 3.44. The number of rotatable bonds is 56. The topological polar surface area (TPSA) is 108 Å². The predicted molar refractivity (Wildman–Crippen MR) is 345 cm³/mol. The first-order valence-electron chi connectivity index (χ1n) is 31.6. The molecule has 0 aliphatic carbocycles. The second-order valence-electron chi connectivity index (χ2n) is 21.6. The monoisotopic (exact) mass is 1120 g/mol. The normalized spacial score (nSPS) is 13.8. The number of esters is 2.